The van der Waals surface area contributed by atoms with Gasteiger partial charge in [-0.3, -0.25) is 0 Å². The van der Waals surface area contributed by atoms with Crippen LogP contribution < -0.4 is 5.32 Å². The molecule has 3 nitrogen and oxygen atoms in total. The maximum absolute atomic E-state index is 4.90. The quantitative estimate of drug-likeness (QED) is 0.711. The first-order valence-corrected chi connectivity index (χ1v) is 9.84. The molecule has 4 rings (SSSR count). The number of allylic oxidation sites excluding steroid dienone is 4. The van der Waals surface area contributed by atoms with E-state index in [1.165, 1.54) is 41.5 Å². The van der Waals surface area contributed by atoms with Gasteiger partial charge in [0.1, 0.15) is 0 Å². The molecule has 0 saturated heterocycles. The Bertz CT molecular complexity index is 846. The summed E-state index contributed by atoms with van der Waals surface area (Å²) in [6, 6.07) is 9.28. The van der Waals surface area contributed by atoms with Crippen molar-refractivity contribution in [3.8, 4) is 11.3 Å². The highest BCUT2D eigenvalue weighted by Gasteiger charge is 2.28. The van der Waals surface area contributed by atoms with E-state index in [2.05, 4.69) is 66.6 Å². The Balaban J connectivity index is 1.74. The molecule has 2 aliphatic rings. The van der Waals surface area contributed by atoms with Crippen LogP contribution in [0.2, 0.25) is 0 Å². The lowest BCUT2D eigenvalue weighted by atomic mass is 9.77. The minimum atomic E-state index is 0.379. The molecule has 1 aromatic carbocycles. The molecule has 26 heavy (non-hydrogen) atoms. The summed E-state index contributed by atoms with van der Waals surface area (Å²) < 4.78 is 0. The summed E-state index contributed by atoms with van der Waals surface area (Å²) in [5.74, 6) is 1.16. The van der Waals surface area contributed by atoms with Crippen molar-refractivity contribution in [1.82, 2.24) is 9.97 Å². The van der Waals surface area contributed by atoms with E-state index in [4.69, 9.17) is 4.98 Å². The average molecular weight is 345 g/mol. The largest absolute Gasteiger partial charge is 0.351 e. The van der Waals surface area contributed by atoms with Crippen molar-refractivity contribution < 1.29 is 0 Å². The van der Waals surface area contributed by atoms with E-state index in [9.17, 15) is 0 Å². The second kappa shape index (κ2) is 7.45. The van der Waals surface area contributed by atoms with Gasteiger partial charge in [-0.25, -0.2) is 9.97 Å². The van der Waals surface area contributed by atoms with Crippen LogP contribution in [0.15, 0.2) is 54.3 Å². The lowest BCUT2D eigenvalue weighted by molar-refractivity contribution is 0.443. The first kappa shape index (κ1) is 17.0. The Morgan fingerprint density at radius 1 is 1.27 bits per heavy atom. The van der Waals surface area contributed by atoms with Crippen molar-refractivity contribution in [3.63, 3.8) is 0 Å². The molecule has 0 radical (unpaired) electrons. The average Bonchev–Trinajstić information content (AvgIpc) is 2.64. The van der Waals surface area contributed by atoms with Gasteiger partial charge in [0.15, 0.2) is 0 Å². The molecule has 2 aliphatic carbocycles. The van der Waals surface area contributed by atoms with Gasteiger partial charge in [-0.15, -0.1) is 0 Å². The molecule has 1 atom stereocenters. The third-order valence-electron chi connectivity index (χ3n) is 5.52. The van der Waals surface area contributed by atoms with Crippen LogP contribution in [0.4, 0.5) is 5.95 Å². The summed E-state index contributed by atoms with van der Waals surface area (Å²) >= 11 is 0. The van der Waals surface area contributed by atoms with Crippen molar-refractivity contribution in [2.45, 2.75) is 57.9 Å². The number of nitrogens with one attached hydrogen (secondary N) is 1. The molecule has 0 aliphatic heterocycles. The zero-order valence-electron chi connectivity index (χ0n) is 15.7. The number of hydrogen-bond acceptors (Lipinski definition) is 3. The lowest BCUT2D eigenvalue weighted by Gasteiger charge is -2.30. The Labute approximate surface area is 156 Å². The molecule has 0 amide bonds. The van der Waals surface area contributed by atoms with Crippen LogP contribution in [0.3, 0.4) is 0 Å². The van der Waals surface area contributed by atoms with Crippen LogP contribution in [0, 0.1) is 0 Å². The van der Waals surface area contributed by atoms with Gasteiger partial charge < -0.3 is 5.32 Å². The third-order valence-corrected chi connectivity index (χ3v) is 5.52. The van der Waals surface area contributed by atoms with E-state index >= 15 is 0 Å². The normalized spacial score (nSPS) is 19.8. The molecule has 0 bridgehead atoms. The van der Waals surface area contributed by atoms with E-state index in [1.807, 2.05) is 6.20 Å². The molecule has 1 unspecified atom stereocenters. The van der Waals surface area contributed by atoms with E-state index in [0.29, 0.717) is 12.0 Å². The summed E-state index contributed by atoms with van der Waals surface area (Å²) in [5, 5.41) is 3.49. The minimum absolute atomic E-state index is 0.379. The summed E-state index contributed by atoms with van der Waals surface area (Å²) in [4.78, 5) is 9.52. The molecular formula is C23H27N3. The number of anilines is 1. The van der Waals surface area contributed by atoms with Gasteiger partial charge in [0, 0.05) is 23.7 Å². The maximum atomic E-state index is 4.90. The van der Waals surface area contributed by atoms with Crippen molar-refractivity contribution in [2.75, 3.05) is 5.32 Å². The van der Waals surface area contributed by atoms with Gasteiger partial charge in [-0.05, 0) is 55.7 Å². The molecule has 1 saturated carbocycles. The van der Waals surface area contributed by atoms with Crippen LogP contribution >= 0.6 is 0 Å². The second-order valence-electron chi connectivity index (χ2n) is 7.30. The second-order valence-corrected chi connectivity index (χ2v) is 7.30. The molecule has 1 fully saturated rings. The Kier molecular flexibility index (Phi) is 4.87. The van der Waals surface area contributed by atoms with Crippen molar-refractivity contribution >= 4 is 5.95 Å². The molecular weight excluding hydrogens is 318 g/mol. The van der Waals surface area contributed by atoms with Crippen molar-refractivity contribution in [3.05, 3.63) is 65.4 Å². The van der Waals surface area contributed by atoms with Gasteiger partial charge in [0.05, 0.1) is 5.69 Å². The monoisotopic (exact) mass is 345 g/mol. The van der Waals surface area contributed by atoms with E-state index in [-0.39, 0.29) is 0 Å². The van der Waals surface area contributed by atoms with Gasteiger partial charge in [0.2, 0.25) is 5.95 Å². The Morgan fingerprint density at radius 3 is 2.85 bits per heavy atom. The highest BCUT2D eigenvalue weighted by atomic mass is 15.1. The SMILES string of the molecule is C/C=C\C(=C/CC)C1Cc2cnc(NC3CCC3)nc2-c2ccccc21. The van der Waals surface area contributed by atoms with Crippen LogP contribution in [0.1, 0.15) is 56.6 Å². The Hall–Kier alpha value is -2.42. The van der Waals surface area contributed by atoms with Gasteiger partial charge in [0.25, 0.3) is 0 Å². The van der Waals surface area contributed by atoms with E-state index in [1.54, 1.807) is 0 Å². The zero-order valence-corrected chi connectivity index (χ0v) is 15.7. The zero-order chi connectivity index (χ0) is 17.9. The fourth-order valence-electron chi connectivity index (χ4n) is 3.99. The Morgan fingerprint density at radius 2 is 2.12 bits per heavy atom. The molecule has 1 heterocycles. The smallest absolute Gasteiger partial charge is 0.223 e. The van der Waals surface area contributed by atoms with Crippen molar-refractivity contribution in [1.29, 1.82) is 0 Å². The highest BCUT2D eigenvalue weighted by Crippen LogP contribution is 2.42. The first-order valence-electron chi connectivity index (χ1n) is 9.84. The molecule has 3 heteroatoms. The van der Waals surface area contributed by atoms with Crippen LogP contribution in [0.25, 0.3) is 11.3 Å². The third kappa shape index (κ3) is 3.18. The first-order chi connectivity index (χ1) is 12.8. The predicted molar refractivity (Wildman–Crippen MR) is 108 cm³/mol. The summed E-state index contributed by atoms with van der Waals surface area (Å²) in [7, 11) is 0. The number of hydrogen-bond donors (Lipinski definition) is 1. The summed E-state index contributed by atoms with van der Waals surface area (Å²) in [6.07, 6.45) is 14.6. The van der Waals surface area contributed by atoms with Crippen LogP contribution in [-0.2, 0) is 6.42 Å². The van der Waals surface area contributed by atoms with Crippen molar-refractivity contribution in [2.24, 2.45) is 0 Å². The summed E-state index contributed by atoms with van der Waals surface area (Å²) in [5.41, 5.74) is 6.38. The molecule has 134 valence electrons. The molecule has 0 spiro atoms. The lowest BCUT2D eigenvalue weighted by Crippen LogP contribution is -2.28. The van der Waals surface area contributed by atoms with E-state index in [0.717, 1.165) is 24.5 Å². The maximum Gasteiger partial charge on any atom is 0.223 e. The fourth-order valence-corrected chi connectivity index (χ4v) is 3.99. The van der Waals surface area contributed by atoms with Gasteiger partial charge in [-0.2, -0.15) is 0 Å². The van der Waals surface area contributed by atoms with Crippen LogP contribution in [0.5, 0.6) is 0 Å². The highest BCUT2D eigenvalue weighted by molar-refractivity contribution is 5.72. The number of fused-ring (bicyclic) bond motifs is 3. The van der Waals surface area contributed by atoms with E-state index < -0.39 is 0 Å². The van der Waals surface area contributed by atoms with Gasteiger partial charge >= 0.3 is 0 Å². The number of nitrogens with zero attached hydrogens (tertiary/aromatic N) is 2. The minimum Gasteiger partial charge on any atom is -0.351 e. The number of benzene rings is 1. The number of aromatic nitrogens is 2. The fraction of sp³-hybridized carbons (Fsp3) is 0.391. The topological polar surface area (TPSA) is 37.8 Å². The predicted octanol–water partition coefficient (Wildman–Crippen LogP) is 5.66. The molecule has 1 aromatic heterocycles. The number of rotatable bonds is 5. The van der Waals surface area contributed by atoms with Gasteiger partial charge in [-0.1, -0.05) is 49.4 Å². The standard InChI is InChI=1S/C23H27N3/c1-3-8-16(9-4-2)21-14-17-15-24-23(25-18-10-7-11-18)26-22(17)20-13-6-5-12-19(20)21/h3,5-6,8-9,12-13,15,18,21H,4,7,10-11,14H2,1-2H3,(H,24,25,26)/b8-3-,16-9+. The van der Waals surface area contributed by atoms with Crippen LogP contribution in [-0.4, -0.2) is 16.0 Å². The summed E-state index contributed by atoms with van der Waals surface area (Å²) in [6.45, 7) is 4.29. The molecule has 2 aromatic rings. The molecule has 1 N–H and O–H groups in total.